The Morgan fingerprint density at radius 1 is 1.53 bits per heavy atom. The van der Waals surface area contributed by atoms with Gasteiger partial charge in [-0.15, -0.1) is 0 Å². The maximum absolute atomic E-state index is 11.0. The molecular weight excluding hydrogens is 192 g/mol. The van der Waals surface area contributed by atoms with Crippen LogP contribution in [0.2, 0.25) is 0 Å². The highest BCUT2D eigenvalue weighted by Gasteiger charge is 2.00. The number of hydrogen-bond donors (Lipinski definition) is 2. The fourth-order valence-electron chi connectivity index (χ4n) is 1.13. The lowest BCUT2D eigenvalue weighted by atomic mass is 10.1. The van der Waals surface area contributed by atoms with Gasteiger partial charge in [0.05, 0.1) is 7.11 Å². The van der Waals surface area contributed by atoms with Gasteiger partial charge in [0.25, 0.3) is 0 Å². The molecule has 1 aromatic rings. The summed E-state index contributed by atoms with van der Waals surface area (Å²) in [5, 5.41) is 2.49. The van der Waals surface area contributed by atoms with Gasteiger partial charge >= 0.3 is 0 Å². The number of likely N-dealkylation sites (N-methyl/N-ethyl adjacent to an activating group) is 1. The second kappa shape index (κ2) is 5.05. The molecule has 3 N–H and O–H groups in total. The van der Waals surface area contributed by atoms with Crippen molar-refractivity contribution in [1.29, 1.82) is 0 Å². The zero-order chi connectivity index (χ0) is 11.3. The smallest absolute Gasteiger partial charge is 0.243 e. The van der Waals surface area contributed by atoms with Gasteiger partial charge < -0.3 is 15.8 Å². The van der Waals surface area contributed by atoms with Crippen LogP contribution in [0.5, 0.6) is 5.75 Å². The van der Waals surface area contributed by atoms with E-state index in [1.54, 1.807) is 38.4 Å². The van der Waals surface area contributed by atoms with Gasteiger partial charge in [0.2, 0.25) is 5.91 Å². The lowest BCUT2D eigenvalue weighted by Crippen LogP contribution is -2.13. The number of amides is 1. The summed E-state index contributed by atoms with van der Waals surface area (Å²) >= 11 is 0. The van der Waals surface area contributed by atoms with Gasteiger partial charge in [-0.05, 0) is 24.3 Å². The van der Waals surface area contributed by atoms with Crippen LogP contribution in [0.4, 0.5) is 5.69 Å². The number of hydrogen-bond acceptors (Lipinski definition) is 3. The van der Waals surface area contributed by atoms with Crippen molar-refractivity contribution in [3.05, 3.63) is 29.8 Å². The van der Waals surface area contributed by atoms with Crippen molar-refractivity contribution < 1.29 is 9.53 Å². The van der Waals surface area contributed by atoms with E-state index in [0.29, 0.717) is 11.4 Å². The Morgan fingerprint density at radius 3 is 2.87 bits per heavy atom. The number of rotatable bonds is 3. The molecule has 1 rings (SSSR count). The number of carbonyl (C=O) groups excluding carboxylic acids is 1. The number of benzene rings is 1. The van der Waals surface area contributed by atoms with Gasteiger partial charge in [0.15, 0.2) is 0 Å². The fourth-order valence-corrected chi connectivity index (χ4v) is 1.13. The van der Waals surface area contributed by atoms with E-state index in [0.717, 1.165) is 5.56 Å². The molecule has 15 heavy (non-hydrogen) atoms. The van der Waals surface area contributed by atoms with Crippen molar-refractivity contribution in [2.45, 2.75) is 0 Å². The van der Waals surface area contributed by atoms with E-state index in [4.69, 9.17) is 10.5 Å². The summed E-state index contributed by atoms with van der Waals surface area (Å²) in [6.07, 6.45) is 3.09. The first kappa shape index (κ1) is 11.1. The Balaban J connectivity index is 2.96. The predicted molar refractivity (Wildman–Crippen MR) is 60.5 cm³/mol. The van der Waals surface area contributed by atoms with Crippen molar-refractivity contribution in [3.8, 4) is 5.75 Å². The molecule has 0 atom stereocenters. The number of nitrogens with one attached hydrogen (secondary N) is 1. The van der Waals surface area contributed by atoms with Crippen molar-refractivity contribution in [1.82, 2.24) is 5.32 Å². The fraction of sp³-hybridized carbons (Fsp3) is 0.182. The Labute approximate surface area is 88.7 Å². The minimum absolute atomic E-state index is 0.167. The summed E-state index contributed by atoms with van der Waals surface area (Å²) in [6, 6.07) is 5.26. The molecule has 0 radical (unpaired) electrons. The third kappa shape index (κ3) is 3.02. The van der Waals surface area contributed by atoms with Gasteiger partial charge in [-0.1, -0.05) is 0 Å². The average Bonchev–Trinajstić information content (AvgIpc) is 2.26. The van der Waals surface area contributed by atoms with Gasteiger partial charge in [-0.25, -0.2) is 0 Å². The molecule has 4 heteroatoms. The molecule has 0 heterocycles. The third-order valence-corrected chi connectivity index (χ3v) is 1.91. The van der Waals surface area contributed by atoms with Gasteiger partial charge in [0, 0.05) is 24.4 Å². The zero-order valence-electron chi connectivity index (χ0n) is 8.78. The summed E-state index contributed by atoms with van der Waals surface area (Å²) in [4.78, 5) is 11.0. The topological polar surface area (TPSA) is 64.4 Å². The average molecular weight is 206 g/mol. The Hall–Kier alpha value is -1.97. The third-order valence-electron chi connectivity index (χ3n) is 1.91. The van der Waals surface area contributed by atoms with Crippen LogP contribution in [0.3, 0.4) is 0 Å². The molecule has 0 spiro atoms. The number of nitrogens with two attached hydrogens (primary N) is 1. The lowest BCUT2D eigenvalue weighted by molar-refractivity contribution is -0.115. The number of carbonyl (C=O) groups is 1. The van der Waals surface area contributed by atoms with E-state index in [1.165, 1.54) is 6.08 Å². The maximum atomic E-state index is 11.0. The first-order valence-corrected chi connectivity index (χ1v) is 4.50. The maximum Gasteiger partial charge on any atom is 0.243 e. The highest BCUT2D eigenvalue weighted by atomic mass is 16.5. The highest BCUT2D eigenvalue weighted by Crippen LogP contribution is 2.22. The van der Waals surface area contributed by atoms with Crippen LogP contribution in [0.15, 0.2) is 24.3 Å². The number of methoxy groups -OCH3 is 1. The summed E-state index contributed by atoms with van der Waals surface area (Å²) in [5.74, 6) is 0.517. The van der Waals surface area contributed by atoms with Gasteiger partial charge in [0.1, 0.15) is 5.75 Å². The lowest BCUT2D eigenvalue weighted by Gasteiger charge is -2.05. The Bertz CT molecular complexity index is 386. The monoisotopic (exact) mass is 206 g/mol. The van der Waals surface area contributed by atoms with E-state index in [9.17, 15) is 4.79 Å². The molecule has 1 aromatic carbocycles. The molecule has 0 aliphatic carbocycles. The van der Waals surface area contributed by atoms with Crippen molar-refractivity contribution >= 4 is 17.7 Å². The van der Waals surface area contributed by atoms with E-state index in [2.05, 4.69) is 5.32 Å². The summed E-state index contributed by atoms with van der Waals surface area (Å²) in [5.41, 5.74) is 7.04. The minimum Gasteiger partial charge on any atom is -0.496 e. The largest absolute Gasteiger partial charge is 0.496 e. The van der Waals surface area contributed by atoms with Crippen LogP contribution in [0.25, 0.3) is 6.08 Å². The van der Waals surface area contributed by atoms with E-state index in [-0.39, 0.29) is 5.91 Å². The molecule has 0 unspecified atom stereocenters. The molecule has 0 saturated carbocycles. The van der Waals surface area contributed by atoms with Gasteiger partial charge in [-0.3, -0.25) is 4.79 Å². The first-order valence-electron chi connectivity index (χ1n) is 4.50. The standard InChI is InChI=1S/C11H14N2O2/c1-13-11(14)6-3-8-7-9(12)4-5-10(8)15-2/h3-7H,12H2,1-2H3,(H,13,14). The van der Waals surface area contributed by atoms with Crippen molar-refractivity contribution in [2.75, 3.05) is 19.9 Å². The van der Waals surface area contributed by atoms with Crippen LogP contribution in [-0.4, -0.2) is 20.1 Å². The van der Waals surface area contributed by atoms with Crippen LogP contribution >= 0.6 is 0 Å². The Morgan fingerprint density at radius 2 is 2.27 bits per heavy atom. The van der Waals surface area contributed by atoms with Gasteiger partial charge in [-0.2, -0.15) is 0 Å². The second-order valence-electron chi connectivity index (χ2n) is 2.95. The summed E-state index contributed by atoms with van der Waals surface area (Å²) in [7, 11) is 3.14. The zero-order valence-corrected chi connectivity index (χ0v) is 8.78. The molecule has 0 saturated heterocycles. The minimum atomic E-state index is -0.167. The molecule has 0 aliphatic rings. The van der Waals surface area contributed by atoms with Crippen molar-refractivity contribution in [3.63, 3.8) is 0 Å². The molecule has 0 fully saturated rings. The number of anilines is 1. The molecule has 0 aromatic heterocycles. The summed E-state index contributed by atoms with van der Waals surface area (Å²) in [6.45, 7) is 0. The summed E-state index contributed by atoms with van der Waals surface area (Å²) < 4.78 is 5.13. The van der Waals surface area contributed by atoms with Crippen LogP contribution < -0.4 is 15.8 Å². The SMILES string of the molecule is CNC(=O)C=Cc1cc(N)ccc1OC. The Kier molecular flexibility index (Phi) is 3.74. The van der Waals surface area contributed by atoms with E-state index in [1.807, 2.05) is 0 Å². The molecule has 0 bridgehead atoms. The number of nitrogen functional groups attached to an aromatic ring is 1. The second-order valence-corrected chi connectivity index (χ2v) is 2.95. The van der Waals surface area contributed by atoms with E-state index >= 15 is 0 Å². The molecule has 1 amide bonds. The molecule has 80 valence electrons. The predicted octanol–water partition coefficient (Wildman–Crippen LogP) is 1.04. The van der Waals surface area contributed by atoms with Crippen molar-refractivity contribution in [2.24, 2.45) is 0 Å². The molecule has 0 aliphatic heterocycles. The van der Waals surface area contributed by atoms with Crippen LogP contribution in [0.1, 0.15) is 5.56 Å². The highest BCUT2D eigenvalue weighted by molar-refractivity contribution is 5.92. The van der Waals surface area contributed by atoms with Crippen LogP contribution in [-0.2, 0) is 4.79 Å². The normalized spacial score (nSPS) is 10.3. The number of ether oxygens (including phenoxy) is 1. The molecule has 4 nitrogen and oxygen atoms in total. The first-order chi connectivity index (χ1) is 7.17. The molecular formula is C11H14N2O2. The van der Waals surface area contributed by atoms with Crippen LogP contribution in [0, 0.1) is 0 Å². The quantitative estimate of drug-likeness (QED) is 0.573. The van der Waals surface area contributed by atoms with E-state index < -0.39 is 0 Å².